The van der Waals surface area contributed by atoms with E-state index in [-0.39, 0.29) is 5.82 Å². The predicted molar refractivity (Wildman–Crippen MR) is 54.6 cm³/mol. The first-order chi connectivity index (χ1) is 6.50. The lowest BCUT2D eigenvalue weighted by atomic mass is 10.0. The summed E-state index contributed by atoms with van der Waals surface area (Å²) in [5.74, 6) is -1.64. The minimum Gasteiger partial charge on any atom is -0.481 e. The fraction of sp³-hybridized carbons (Fsp3) is 0.300. The second-order valence-corrected chi connectivity index (χ2v) is 4.03. The largest absolute Gasteiger partial charge is 0.481 e. The van der Waals surface area contributed by atoms with Crippen molar-refractivity contribution < 1.29 is 14.3 Å². The van der Waals surface area contributed by atoms with Crippen molar-refractivity contribution in [2.45, 2.75) is 13.3 Å². The third-order valence-electron chi connectivity index (χ3n) is 1.96. The highest BCUT2D eigenvalue weighted by Crippen LogP contribution is 2.21. The van der Waals surface area contributed by atoms with Crippen LogP contribution in [0.1, 0.15) is 12.5 Å². The fourth-order valence-electron chi connectivity index (χ4n) is 1.10. The number of hydrogen-bond acceptors (Lipinski definition) is 1. The molecular weight excluding hydrogens is 251 g/mol. The molecule has 1 unspecified atom stereocenters. The van der Waals surface area contributed by atoms with Gasteiger partial charge >= 0.3 is 5.97 Å². The van der Waals surface area contributed by atoms with Crippen LogP contribution in [0.25, 0.3) is 0 Å². The smallest absolute Gasteiger partial charge is 0.306 e. The fourth-order valence-corrected chi connectivity index (χ4v) is 1.62. The van der Waals surface area contributed by atoms with Gasteiger partial charge in [-0.1, -0.05) is 28.9 Å². The molecule has 1 N–H and O–H groups in total. The number of rotatable bonds is 3. The molecule has 1 rings (SSSR count). The van der Waals surface area contributed by atoms with Crippen molar-refractivity contribution in [2.24, 2.45) is 5.92 Å². The van der Waals surface area contributed by atoms with Gasteiger partial charge in [0.25, 0.3) is 0 Å². The Balaban J connectivity index is 2.82. The second kappa shape index (κ2) is 4.55. The van der Waals surface area contributed by atoms with E-state index in [0.717, 1.165) is 5.56 Å². The van der Waals surface area contributed by atoms with Gasteiger partial charge < -0.3 is 5.11 Å². The monoisotopic (exact) mass is 260 g/mol. The Hall–Kier alpha value is -0.900. The molecule has 0 spiro atoms. The summed E-state index contributed by atoms with van der Waals surface area (Å²) in [7, 11) is 0. The molecular formula is C10H10BrFO2. The molecule has 0 aliphatic heterocycles. The number of halogens is 2. The molecule has 76 valence electrons. The highest BCUT2D eigenvalue weighted by molar-refractivity contribution is 9.10. The van der Waals surface area contributed by atoms with Crippen molar-refractivity contribution >= 4 is 21.9 Å². The molecule has 2 nitrogen and oxygen atoms in total. The normalized spacial score (nSPS) is 12.5. The molecule has 0 saturated carbocycles. The lowest BCUT2D eigenvalue weighted by Crippen LogP contribution is -2.12. The van der Waals surface area contributed by atoms with Crippen molar-refractivity contribution in [3.05, 3.63) is 34.1 Å². The average molecular weight is 261 g/mol. The van der Waals surface area contributed by atoms with E-state index in [1.165, 1.54) is 12.1 Å². The molecule has 0 aliphatic carbocycles. The van der Waals surface area contributed by atoms with Gasteiger partial charge in [0.15, 0.2) is 0 Å². The molecule has 0 aliphatic rings. The number of carboxylic acid groups (broad SMARTS) is 1. The Kier molecular flexibility index (Phi) is 3.63. The summed E-state index contributed by atoms with van der Waals surface area (Å²) in [6, 6.07) is 4.26. The van der Waals surface area contributed by atoms with Crippen LogP contribution < -0.4 is 0 Å². The van der Waals surface area contributed by atoms with Crippen LogP contribution in [0.4, 0.5) is 4.39 Å². The van der Waals surface area contributed by atoms with Crippen LogP contribution in [0, 0.1) is 11.7 Å². The summed E-state index contributed by atoms with van der Waals surface area (Å²) in [6.07, 6.45) is 0.399. The van der Waals surface area contributed by atoms with E-state index in [9.17, 15) is 9.18 Å². The predicted octanol–water partition coefficient (Wildman–Crippen LogP) is 2.85. The lowest BCUT2D eigenvalue weighted by Gasteiger charge is -2.07. The van der Waals surface area contributed by atoms with Crippen LogP contribution >= 0.6 is 15.9 Å². The standard InChI is InChI=1S/C10H10BrFO2/c1-6(10(13)14)4-7-2-3-8(12)5-9(7)11/h2-3,5-6H,4H2,1H3,(H,13,14). The van der Waals surface area contributed by atoms with Crippen molar-refractivity contribution in [1.82, 2.24) is 0 Å². The molecule has 0 amide bonds. The second-order valence-electron chi connectivity index (χ2n) is 3.18. The van der Waals surface area contributed by atoms with Gasteiger partial charge in [0.1, 0.15) is 5.82 Å². The number of carbonyl (C=O) groups is 1. The third-order valence-corrected chi connectivity index (χ3v) is 2.70. The number of aliphatic carboxylic acids is 1. The highest BCUT2D eigenvalue weighted by atomic mass is 79.9. The van der Waals surface area contributed by atoms with Gasteiger partial charge in [-0.3, -0.25) is 4.79 Å². The van der Waals surface area contributed by atoms with Crippen LogP contribution in [0.15, 0.2) is 22.7 Å². The van der Waals surface area contributed by atoms with E-state index < -0.39 is 11.9 Å². The zero-order valence-electron chi connectivity index (χ0n) is 7.63. The van der Waals surface area contributed by atoms with Gasteiger partial charge in [0.2, 0.25) is 0 Å². The molecule has 1 aromatic carbocycles. The summed E-state index contributed by atoms with van der Waals surface area (Å²) < 4.78 is 13.3. The minimum atomic E-state index is -0.846. The first kappa shape index (κ1) is 11.2. The van der Waals surface area contributed by atoms with Crippen LogP contribution in [-0.2, 0) is 11.2 Å². The van der Waals surface area contributed by atoms with Gasteiger partial charge in [-0.15, -0.1) is 0 Å². The summed E-state index contributed by atoms with van der Waals surface area (Å²) in [6.45, 7) is 1.62. The Morgan fingerprint density at radius 1 is 1.64 bits per heavy atom. The minimum absolute atomic E-state index is 0.330. The van der Waals surface area contributed by atoms with E-state index in [1.54, 1.807) is 13.0 Å². The average Bonchev–Trinajstić information content (AvgIpc) is 2.09. The summed E-state index contributed by atoms with van der Waals surface area (Å²) >= 11 is 3.19. The van der Waals surface area contributed by atoms with Crippen molar-refractivity contribution in [3.63, 3.8) is 0 Å². The van der Waals surface area contributed by atoms with Gasteiger partial charge in [0.05, 0.1) is 5.92 Å². The molecule has 1 atom stereocenters. The van der Waals surface area contributed by atoms with Gasteiger partial charge in [0, 0.05) is 4.47 Å². The molecule has 1 aromatic rings. The molecule has 0 aromatic heterocycles. The maximum atomic E-state index is 12.7. The van der Waals surface area contributed by atoms with Crippen LogP contribution in [-0.4, -0.2) is 11.1 Å². The number of carboxylic acids is 1. The van der Waals surface area contributed by atoms with E-state index in [0.29, 0.717) is 10.9 Å². The topological polar surface area (TPSA) is 37.3 Å². The third kappa shape index (κ3) is 2.80. The van der Waals surface area contributed by atoms with Gasteiger partial charge in [-0.05, 0) is 24.1 Å². The van der Waals surface area contributed by atoms with Crippen molar-refractivity contribution in [1.29, 1.82) is 0 Å². The van der Waals surface area contributed by atoms with Crippen molar-refractivity contribution in [3.8, 4) is 0 Å². The molecule has 0 bridgehead atoms. The number of hydrogen-bond donors (Lipinski definition) is 1. The Bertz CT molecular complexity index is 352. The van der Waals surface area contributed by atoms with E-state index in [2.05, 4.69) is 15.9 Å². The summed E-state index contributed by atoms with van der Waals surface area (Å²) in [5.41, 5.74) is 0.807. The quantitative estimate of drug-likeness (QED) is 0.908. The van der Waals surface area contributed by atoms with E-state index >= 15 is 0 Å². The van der Waals surface area contributed by atoms with Crippen molar-refractivity contribution in [2.75, 3.05) is 0 Å². The zero-order chi connectivity index (χ0) is 10.7. The van der Waals surface area contributed by atoms with Crippen LogP contribution in [0.2, 0.25) is 0 Å². The maximum Gasteiger partial charge on any atom is 0.306 e. The Morgan fingerprint density at radius 2 is 2.29 bits per heavy atom. The SMILES string of the molecule is CC(Cc1ccc(F)cc1Br)C(=O)O. The number of benzene rings is 1. The highest BCUT2D eigenvalue weighted by Gasteiger charge is 2.13. The van der Waals surface area contributed by atoms with E-state index in [4.69, 9.17) is 5.11 Å². The zero-order valence-corrected chi connectivity index (χ0v) is 9.21. The summed E-state index contributed by atoms with van der Waals surface area (Å²) in [5, 5.41) is 8.70. The molecule has 0 fully saturated rings. The van der Waals surface area contributed by atoms with Gasteiger partial charge in [-0.2, -0.15) is 0 Å². The molecule has 0 radical (unpaired) electrons. The van der Waals surface area contributed by atoms with Crippen LogP contribution in [0.5, 0.6) is 0 Å². The molecule has 0 saturated heterocycles. The van der Waals surface area contributed by atoms with E-state index in [1.807, 2.05) is 0 Å². The maximum absolute atomic E-state index is 12.7. The first-order valence-corrected chi connectivity index (χ1v) is 4.96. The first-order valence-electron chi connectivity index (χ1n) is 4.17. The molecule has 14 heavy (non-hydrogen) atoms. The summed E-state index contributed by atoms with van der Waals surface area (Å²) in [4.78, 5) is 10.6. The Morgan fingerprint density at radius 3 is 2.79 bits per heavy atom. The van der Waals surface area contributed by atoms with Crippen LogP contribution in [0.3, 0.4) is 0 Å². The molecule has 0 heterocycles. The Labute approximate surface area is 89.9 Å². The lowest BCUT2D eigenvalue weighted by molar-refractivity contribution is -0.141. The van der Waals surface area contributed by atoms with Gasteiger partial charge in [-0.25, -0.2) is 4.39 Å². The molecule has 4 heteroatoms.